The molecule has 0 fully saturated rings. The Hall–Kier alpha value is -3.60. The van der Waals surface area contributed by atoms with Crippen LogP contribution in [-0.2, 0) is 4.79 Å². The predicted octanol–water partition coefficient (Wildman–Crippen LogP) is 2.79. The van der Waals surface area contributed by atoms with Crippen LogP contribution < -0.4 is 21.3 Å². The first kappa shape index (κ1) is 22.7. The molecule has 160 valence electrons. The number of halogens is 1. The molecule has 0 spiro atoms. The fourth-order valence-corrected chi connectivity index (χ4v) is 2.60. The van der Waals surface area contributed by atoms with Crippen molar-refractivity contribution in [2.75, 3.05) is 48.0 Å². The number of hydrogen-bond donors (Lipinski definition) is 4. The van der Waals surface area contributed by atoms with Crippen molar-refractivity contribution < 1.29 is 14.6 Å². The van der Waals surface area contributed by atoms with Crippen molar-refractivity contribution in [3.05, 3.63) is 62.7 Å². The van der Waals surface area contributed by atoms with Crippen LogP contribution in [0.15, 0.2) is 42.5 Å². The molecule has 0 unspecified atom stereocenters. The van der Waals surface area contributed by atoms with Crippen molar-refractivity contribution in [1.82, 2.24) is 5.32 Å². The molecule has 30 heavy (non-hydrogen) atoms. The monoisotopic (exact) mass is 436 g/mol. The van der Waals surface area contributed by atoms with Gasteiger partial charge >= 0.3 is 0 Å². The highest BCUT2D eigenvalue weighted by Crippen LogP contribution is 2.27. The van der Waals surface area contributed by atoms with E-state index in [1.54, 1.807) is 24.3 Å². The zero-order chi connectivity index (χ0) is 21.9. The minimum absolute atomic E-state index is 0.0149. The Labute approximate surface area is 177 Å². The molecule has 11 nitrogen and oxygen atoms in total. The maximum Gasteiger partial charge on any atom is 0.294 e. The lowest BCUT2D eigenvalue weighted by Crippen LogP contribution is -2.29. The number of hydrogen-bond acceptors (Lipinski definition) is 8. The van der Waals surface area contributed by atoms with E-state index in [0.29, 0.717) is 31.0 Å². The standard InChI is InChI=1S/C18H21ClN6O5/c19-12-18(26)23-10-9-22-16-6-3-14(11-17(16)25(29)30)21-8-7-20-13-1-4-15(5-2-13)24(27)28/h1-6,11,20-22H,7-10,12H2,(H,23,26). The first-order valence-corrected chi connectivity index (χ1v) is 9.51. The molecule has 4 N–H and O–H groups in total. The van der Waals surface area contributed by atoms with Crippen molar-refractivity contribution in [1.29, 1.82) is 0 Å². The molecule has 0 saturated carbocycles. The highest BCUT2D eigenvalue weighted by molar-refractivity contribution is 6.27. The summed E-state index contributed by atoms with van der Waals surface area (Å²) in [4.78, 5) is 32.1. The molecule has 2 aromatic carbocycles. The lowest BCUT2D eigenvalue weighted by atomic mass is 10.2. The number of carbonyl (C=O) groups is 1. The normalized spacial score (nSPS) is 10.2. The maximum atomic E-state index is 11.3. The van der Waals surface area contributed by atoms with Gasteiger partial charge in [0, 0.05) is 55.8 Å². The molecule has 0 heterocycles. The summed E-state index contributed by atoms with van der Waals surface area (Å²) in [7, 11) is 0. The number of rotatable bonds is 12. The van der Waals surface area contributed by atoms with E-state index < -0.39 is 9.85 Å². The summed E-state index contributed by atoms with van der Waals surface area (Å²) in [6.07, 6.45) is 0. The fraction of sp³-hybridized carbons (Fsp3) is 0.278. The molecule has 0 aliphatic rings. The Kier molecular flexibility index (Phi) is 8.63. The molecular formula is C18H21ClN6O5. The van der Waals surface area contributed by atoms with Gasteiger partial charge in [0.2, 0.25) is 5.91 Å². The molecule has 2 rings (SSSR count). The van der Waals surface area contributed by atoms with Gasteiger partial charge in [0.15, 0.2) is 0 Å². The van der Waals surface area contributed by atoms with Gasteiger partial charge in [-0.05, 0) is 24.3 Å². The topological polar surface area (TPSA) is 151 Å². The summed E-state index contributed by atoms with van der Waals surface area (Å²) in [6.45, 7) is 1.59. The number of anilines is 3. The molecule has 12 heteroatoms. The first-order chi connectivity index (χ1) is 14.4. The number of alkyl halides is 1. The van der Waals surface area contributed by atoms with Crippen molar-refractivity contribution >= 4 is 45.9 Å². The Morgan fingerprint density at radius 2 is 1.43 bits per heavy atom. The molecule has 0 aliphatic heterocycles. The molecule has 1 amide bonds. The van der Waals surface area contributed by atoms with E-state index in [9.17, 15) is 25.0 Å². The molecule has 0 bridgehead atoms. The van der Waals surface area contributed by atoms with Crippen LogP contribution in [0.3, 0.4) is 0 Å². The first-order valence-electron chi connectivity index (χ1n) is 8.98. The van der Waals surface area contributed by atoms with Crippen LogP contribution >= 0.6 is 11.6 Å². The quantitative estimate of drug-likeness (QED) is 0.171. The van der Waals surface area contributed by atoms with Gasteiger partial charge < -0.3 is 21.3 Å². The number of nitro benzene ring substituents is 2. The number of nitro groups is 2. The smallest absolute Gasteiger partial charge is 0.294 e. The fourth-order valence-electron chi connectivity index (χ4n) is 2.50. The SMILES string of the molecule is O=C(CCl)NCCNc1ccc(NCCNc2ccc([N+](=O)[O-])cc2)cc1[N+](=O)[O-]. The lowest BCUT2D eigenvalue weighted by molar-refractivity contribution is -0.384. The Morgan fingerprint density at radius 3 is 2.03 bits per heavy atom. The lowest BCUT2D eigenvalue weighted by Gasteiger charge is -2.11. The van der Waals surface area contributed by atoms with E-state index in [2.05, 4.69) is 21.3 Å². The number of non-ortho nitro benzene ring substituents is 1. The highest BCUT2D eigenvalue weighted by atomic mass is 35.5. The van der Waals surface area contributed by atoms with E-state index >= 15 is 0 Å². The highest BCUT2D eigenvalue weighted by Gasteiger charge is 2.14. The maximum absolute atomic E-state index is 11.3. The van der Waals surface area contributed by atoms with Gasteiger partial charge in [-0.15, -0.1) is 11.6 Å². The van der Waals surface area contributed by atoms with Crippen LogP contribution in [0.4, 0.5) is 28.4 Å². The number of benzene rings is 2. The van der Waals surface area contributed by atoms with E-state index in [4.69, 9.17) is 11.6 Å². The third kappa shape index (κ3) is 7.09. The summed E-state index contributed by atoms with van der Waals surface area (Å²) in [5, 5.41) is 33.6. The van der Waals surface area contributed by atoms with Crippen LogP contribution in [-0.4, -0.2) is 47.8 Å². The number of carbonyl (C=O) groups excluding carboxylic acids is 1. The zero-order valence-corrected chi connectivity index (χ0v) is 16.6. The third-order valence-corrected chi connectivity index (χ3v) is 4.18. The third-order valence-electron chi connectivity index (χ3n) is 3.94. The van der Waals surface area contributed by atoms with Crippen LogP contribution in [0, 0.1) is 20.2 Å². The average molecular weight is 437 g/mol. The van der Waals surface area contributed by atoms with Crippen LogP contribution in [0.2, 0.25) is 0 Å². The van der Waals surface area contributed by atoms with Gasteiger partial charge in [-0.25, -0.2) is 0 Å². The van der Waals surface area contributed by atoms with Crippen molar-refractivity contribution in [2.24, 2.45) is 0 Å². The van der Waals surface area contributed by atoms with E-state index in [-0.39, 0.29) is 29.7 Å². The summed E-state index contributed by atoms with van der Waals surface area (Å²) >= 11 is 5.38. The van der Waals surface area contributed by atoms with Gasteiger partial charge in [-0.1, -0.05) is 0 Å². The Balaban J connectivity index is 1.84. The van der Waals surface area contributed by atoms with Crippen molar-refractivity contribution in [2.45, 2.75) is 0 Å². The van der Waals surface area contributed by atoms with Gasteiger partial charge in [0.1, 0.15) is 11.6 Å². The molecule has 2 aromatic rings. The molecule has 0 radical (unpaired) electrons. The summed E-state index contributed by atoms with van der Waals surface area (Å²) in [5.41, 5.74) is 1.57. The van der Waals surface area contributed by atoms with Gasteiger partial charge in [0.05, 0.1) is 9.85 Å². The van der Waals surface area contributed by atoms with E-state index in [1.165, 1.54) is 18.2 Å². The van der Waals surface area contributed by atoms with Crippen LogP contribution in [0.5, 0.6) is 0 Å². The second kappa shape index (κ2) is 11.4. The number of nitrogens with zero attached hydrogens (tertiary/aromatic N) is 2. The molecule has 0 aromatic heterocycles. The van der Waals surface area contributed by atoms with Crippen molar-refractivity contribution in [3.63, 3.8) is 0 Å². The van der Waals surface area contributed by atoms with E-state index in [0.717, 1.165) is 5.69 Å². The number of nitrogens with one attached hydrogen (secondary N) is 4. The number of amides is 1. The van der Waals surface area contributed by atoms with Gasteiger partial charge in [0.25, 0.3) is 11.4 Å². The Morgan fingerprint density at radius 1 is 0.833 bits per heavy atom. The largest absolute Gasteiger partial charge is 0.383 e. The molecular weight excluding hydrogens is 416 g/mol. The van der Waals surface area contributed by atoms with E-state index in [1.807, 2.05) is 0 Å². The van der Waals surface area contributed by atoms with Crippen LogP contribution in [0.1, 0.15) is 0 Å². The predicted molar refractivity (Wildman–Crippen MR) is 115 cm³/mol. The molecule has 0 aliphatic carbocycles. The van der Waals surface area contributed by atoms with Crippen LogP contribution in [0.25, 0.3) is 0 Å². The summed E-state index contributed by atoms with van der Waals surface area (Å²) in [6, 6.07) is 10.8. The van der Waals surface area contributed by atoms with Crippen molar-refractivity contribution in [3.8, 4) is 0 Å². The second-order valence-electron chi connectivity index (χ2n) is 6.06. The Bertz CT molecular complexity index is 893. The minimum atomic E-state index is -0.486. The molecule has 0 atom stereocenters. The summed E-state index contributed by atoms with van der Waals surface area (Å²) in [5.74, 6) is -0.450. The summed E-state index contributed by atoms with van der Waals surface area (Å²) < 4.78 is 0. The zero-order valence-electron chi connectivity index (χ0n) is 15.9. The molecule has 0 saturated heterocycles. The van der Waals surface area contributed by atoms with Gasteiger partial charge in [-0.3, -0.25) is 25.0 Å². The minimum Gasteiger partial charge on any atom is -0.383 e. The van der Waals surface area contributed by atoms with Gasteiger partial charge in [-0.2, -0.15) is 0 Å². The average Bonchev–Trinajstić information content (AvgIpc) is 2.74. The second-order valence-corrected chi connectivity index (χ2v) is 6.32.